The first-order valence-corrected chi connectivity index (χ1v) is 18.6. The first-order valence-electron chi connectivity index (χ1n) is 18.6. The molecule has 8 aromatic rings. The van der Waals surface area contributed by atoms with Crippen molar-refractivity contribution in [2.75, 3.05) is 11.5 Å². The minimum atomic E-state index is -0.692. The molecule has 0 aromatic heterocycles. The molecule has 0 unspecified atom stereocenters. The smallest absolute Gasteiger partial charge is 0.150 e. The van der Waals surface area contributed by atoms with Crippen LogP contribution in [-0.4, -0.2) is 0 Å². The maximum atomic E-state index is 6.69. The number of nitrogen functional groups attached to an aromatic ring is 2. The van der Waals surface area contributed by atoms with Crippen LogP contribution in [0.15, 0.2) is 182 Å². The third kappa shape index (κ3) is 5.89. The number of ether oxygens (including phenoxy) is 2. The van der Waals surface area contributed by atoms with Crippen molar-refractivity contribution in [3.05, 3.63) is 215 Å². The Balaban J connectivity index is 1.32. The van der Waals surface area contributed by atoms with Gasteiger partial charge in [-0.3, -0.25) is 0 Å². The predicted molar refractivity (Wildman–Crippen MR) is 226 cm³/mol. The van der Waals surface area contributed by atoms with Gasteiger partial charge in [-0.05, 0) is 118 Å². The van der Waals surface area contributed by atoms with Gasteiger partial charge in [-0.25, -0.2) is 0 Å². The van der Waals surface area contributed by atoms with Gasteiger partial charge < -0.3 is 20.9 Å². The first-order chi connectivity index (χ1) is 26.9. The van der Waals surface area contributed by atoms with Crippen LogP contribution in [0, 0.1) is 13.8 Å². The summed E-state index contributed by atoms with van der Waals surface area (Å²) in [6.45, 7) is 4.09. The third-order valence-electron chi connectivity index (χ3n) is 10.7. The highest BCUT2D eigenvalue weighted by Crippen LogP contribution is 2.58. The molecule has 1 aliphatic carbocycles. The Morgan fingerprint density at radius 1 is 0.364 bits per heavy atom. The molecule has 55 heavy (non-hydrogen) atoms. The number of hydrogen-bond donors (Lipinski definition) is 2. The average Bonchev–Trinajstić information content (AvgIpc) is 3.52. The monoisotopic (exact) mass is 712 g/mol. The van der Waals surface area contributed by atoms with Crippen LogP contribution in [0.3, 0.4) is 0 Å². The van der Waals surface area contributed by atoms with E-state index in [0.29, 0.717) is 22.9 Å². The van der Waals surface area contributed by atoms with Crippen molar-refractivity contribution in [1.82, 2.24) is 0 Å². The molecule has 0 aliphatic heterocycles. The standard InChI is InChI=1S/C51H40N2O2/c1-33-21-25-45(52)49(29-33)54-47-27-23-37(31-41(47)35-13-5-3-6-14-35)51(43-19-11-9-17-39(43)40-18-10-12-20-44(40)51)38-24-28-48(42(32-38)36-15-7-4-8-16-36)55-50-30-34(2)22-26-46(50)53/h3-32H,52-53H2,1-2H3. The van der Waals surface area contributed by atoms with Crippen LogP contribution >= 0.6 is 0 Å². The largest absolute Gasteiger partial charge is 0.455 e. The fourth-order valence-corrected chi connectivity index (χ4v) is 8.11. The van der Waals surface area contributed by atoms with Crippen LogP contribution in [-0.2, 0) is 5.41 Å². The Bertz CT molecular complexity index is 2510. The Labute approximate surface area is 322 Å². The summed E-state index contributed by atoms with van der Waals surface area (Å²) < 4.78 is 13.4. The summed E-state index contributed by atoms with van der Waals surface area (Å²) in [4.78, 5) is 0. The predicted octanol–water partition coefficient (Wildman–Crippen LogP) is 12.7. The minimum absolute atomic E-state index is 0.590. The van der Waals surface area contributed by atoms with E-state index in [0.717, 1.165) is 56.0 Å². The van der Waals surface area contributed by atoms with Crippen molar-refractivity contribution in [3.63, 3.8) is 0 Å². The molecule has 8 aromatic carbocycles. The minimum Gasteiger partial charge on any atom is -0.455 e. The van der Waals surface area contributed by atoms with E-state index in [1.54, 1.807) is 0 Å². The van der Waals surface area contributed by atoms with E-state index in [2.05, 4.69) is 133 Å². The molecule has 0 heterocycles. The van der Waals surface area contributed by atoms with Gasteiger partial charge in [0.15, 0.2) is 11.5 Å². The molecule has 4 nitrogen and oxygen atoms in total. The van der Waals surface area contributed by atoms with E-state index >= 15 is 0 Å². The Kier molecular flexibility index (Phi) is 8.44. The maximum Gasteiger partial charge on any atom is 0.150 e. The van der Waals surface area contributed by atoms with Gasteiger partial charge in [-0.2, -0.15) is 0 Å². The van der Waals surface area contributed by atoms with Crippen molar-refractivity contribution >= 4 is 11.4 Å². The number of aryl methyl sites for hydroxylation is 2. The molecule has 0 spiro atoms. The molecule has 266 valence electrons. The van der Waals surface area contributed by atoms with Gasteiger partial charge in [-0.1, -0.05) is 133 Å². The highest BCUT2D eigenvalue weighted by molar-refractivity contribution is 5.88. The van der Waals surface area contributed by atoms with Crippen molar-refractivity contribution in [2.45, 2.75) is 19.3 Å². The molecule has 0 radical (unpaired) electrons. The second-order valence-corrected chi connectivity index (χ2v) is 14.3. The van der Waals surface area contributed by atoms with Crippen molar-refractivity contribution in [1.29, 1.82) is 0 Å². The lowest BCUT2D eigenvalue weighted by Gasteiger charge is -2.35. The molecule has 4 heteroatoms. The Morgan fingerprint density at radius 3 is 1.20 bits per heavy atom. The maximum absolute atomic E-state index is 6.69. The van der Waals surface area contributed by atoms with Crippen LogP contribution in [0.4, 0.5) is 11.4 Å². The van der Waals surface area contributed by atoms with E-state index in [1.807, 2.05) is 62.4 Å². The van der Waals surface area contributed by atoms with E-state index < -0.39 is 5.41 Å². The van der Waals surface area contributed by atoms with Crippen molar-refractivity contribution < 1.29 is 9.47 Å². The molecule has 0 saturated carbocycles. The van der Waals surface area contributed by atoms with Crippen molar-refractivity contribution in [2.24, 2.45) is 0 Å². The lowest BCUT2D eigenvalue weighted by atomic mass is 9.67. The van der Waals surface area contributed by atoms with Crippen LogP contribution in [0.2, 0.25) is 0 Å². The average molecular weight is 713 g/mol. The molecule has 0 fully saturated rings. The molecule has 0 bridgehead atoms. The molecule has 4 N–H and O–H groups in total. The Hall–Kier alpha value is -7.04. The topological polar surface area (TPSA) is 70.5 Å². The first kappa shape index (κ1) is 33.8. The highest BCUT2D eigenvalue weighted by Gasteiger charge is 2.46. The number of hydrogen-bond acceptors (Lipinski definition) is 4. The number of anilines is 2. The zero-order valence-electron chi connectivity index (χ0n) is 30.8. The van der Waals surface area contributed by atoms with Gasteiger partial charge in [0.2, 0.25) is 0 Å². The molecular formula is C51H40N2O2. The zero-order valence-corrected chi connectivity index (χ0v) is 30.8. The zero-order chi connectivity index (χ0) is 37.5. The summed E-state index contributed by atoms with van der Waals surface area (Å²) in [5, 5.41) is 0. The molecule has 0 atom stereocenters. The van der Waals surface area contributed by atoms with E-state index in [1.165, 1.54) is 22.3 Å². The Morgan fingerprint density at radius 2 is 0.764 bits per heavy atom. The van der Waals surface area contributed by atoms with Crippen LogP contribution in [0.25, 0.3) is 33.4 Å². The second kappa shape index (κ2) is 13.7. The normalized spacial score (nSPS) is 12.5. The highest BCUT2D eigenvalue weighted by atomic mass is 16.5. The summed E-state index contributed by atoms with van der Waals surface area (Å²) in [6.07, 6.45) is 0. The fourth-order valence-electron chi connectivity index (χ4n) is 8.11. The fraction of sp³-hybridized carbons (Fsp3) is 0.0588. The second-order valence-electron chi connectivity index (χ2n) is 14.3. The molecular weight excluding hydrogens is 673 g/mol. The van der Waals surface area contributed by atoms with Gasteiger partial charge in [0.1, 0.15) is 11.5 Å². The van der Waals surface area contributed by atoms with Crippen LogP contribution in [0.5, 0.6) is 23.0 Å². The quantitative estimate of drug-likeness (QED) is 0.154. The number of nitrogens with two attached hydrogens (primary N) is 2. The number of fused-ring (bicyclic) bond motifs is 3. The lowest BCUT2D eigenvalue weighted by Crippen LogP contribution is -2.28. The van der Waals surface area contributed by atoms with Crippen LogP contribution in [0.1, 0.15) is 33.4 Å². The summed E-state index contributed by atoms with van der Waals surface area (Å²) >= 11 is 0. The summed E-state index contributed by atoms with van der Waals surface area (Å²) in [5.41, 5.74) is 26.7. The van der Waals surface area contributed by atoms with Crippen LogP contribution < -0.4 is 20.9 Å². The van der Waals surface area contributed by atoms with E-state index in [4.69, 9.17) is 20.9 Å². The summed E-state index contributed by atoms with van der Waals surface area (Å²) in [6, 6.07) is 63.4. The molecule has 0 saturated heterocycles. The van der Waals surface area contributed by atoms with Gasteiger partial charge in [0, 0.05) is 11.1 Å². The van der Waals surface area contributed by atoms with Gasteiger partial charge in [0.05, 0.1) is 16.8 Å². The van der Waals surface area contributed by atoms with Gasteiger partial charge >= 0.3 is 0 Å². The summed E-state index contributed by atoms with van der Waals surface area (Å²) in [7, 11) is 0. The molecule has 1 aliphatic rings. The molecule has 0 amide bonds. The van der Waals surface area contributed by atoms with Crippen molar-refractivity contribution in [3.8, 4) is 56.4 Å². The van der Waals surface area contributed by atoms with Gasteiger partial charge in [-0.15, -0.1) is 0 Å². The lowest BCUT2D eigenvalue weighted by molar-refractivity contribution is 0.485. The SMILES string of the molecule is Cc1ccc(N)c(Oc2ccc(C3(c4ccc(Oc5cc(C)ccc5N)c(-c5ccccc5)c4)c4ccccc4-c4ccccc43)cc2-c2ccccc2)c1. The van der Waals surface area contributed by atoms with E-state index in [9.17, 15) is 0 Å². The van der Waals surface area contributed by atoms with Gasteiger partial charge in [0.25, 0.3) is 0 Å². The number of benzene rings is 8. The molecule has 9 rings (SSSR count). The number of rotatable bonds is 8. The summed E-state index contributed by atoms with van der Waals surface area (Å²) in [5.74, 6) is 2.72. The third-order valence-corrected chi connectivity index (χ3v) is 10.7. The van der Waals surface area contributed by atoms with E-state index in [-0.39, 0.29) is 0 Å².